The predicted molar refractivity (Wildman–Crippen MR) is 99.2 cm³/mol. The molecule has 2 heterocycles. The van der Waals surface area contributed by atoms with Crippen LogP contribution < -0.4 is 0 Å². The smallest absolute Gasteiger partial charge is 0.333 e. The van der Waals surface area contributed by atoms with Gasteiger partial charge in [-0.25, -0.2) is 4.79 Å². The lowest BCUT2D eigenvalue weighted by Crippen LogP contribution is -2.52. The number of amides is 4. The Balaban J connectivity index is 2.03. The zero-order chi connectivity index (χ0) is 20.7. The molecule has 0 N–H and O–H groups in total. The quantitative estimate of drug-likeness (QED) is 0.348. The van der Waals surface area contributed by atoms with Crippen LogP contribution in [0.3, 0.4) is 0 Å². The normalized spacial score (nSPS) is 14.7. The van der Waals surface area contributed by atoms with Gasteiger partial charge in [-0.05, 0) is 43.7 Å². The van der Waals surface area contributed by atoms with Crippen LogP contribution in [-0.4, -0.2) is 46.7 Å². The van der Waals surface area contributed by atoms with Crippen LogP contribution in [0.5, 0.6) is 0 Å². The number of aryl methyl sites for hydroxylation is 1. The Bertz CT molecular complexity index is 1040. The summed E-state index contributed by atoms with van der Waals surface area (Å²) in [5, 5.41) is 11.2. The molecule has 0 spiro atoms. The van der Waals surface area contributed by atoms with E-state index in [9.17, 15) is 24.5 Å². The Labute approximate surface area is 160 Å². The number of rotatable bonds is 3. The summed E-state index contributed by atoms with van der Waals surface area (Å²) in [6.45, 7) is 3.36. The number of hydrogen-bond acceptors (Lipinski definition) is 6. The second-order valence-corrected chi connectivity index (χ2v) is 6.48. The molecule has 0 unspecified atom stereocenters. The van der Waals surface area contributed by atoms with Gasteiger partial charge in [0.15, 0.2) is 0 Å². The van der Waals surface area contributed by atoms with Crippen molar-refractivity contribution in [2.75, 3.05) is 14.1 Å². The lowest BCUT2D eigenvalue weighted by Gasteiger charge is -2.28. The fourth-order valence-corrected chi connectivity index (χ4v) is 2.98. The van der Waals surface area contributed by atoms with Gasteiger partial charge < -0.3 is 4.42 Å². The average Bonchev–Trinajstić information content (AvgIpc) is 3.11. The predicted octanol–water partition coefficient (Wildman–Crippen LogP) is 2.91. The summed E-state index contributed by atoms with van der Waals surface area (Å²) < 4.78 is 5.71. The number of furan rings is 1. The third kappa shape index (κ3) is 3.07. The largest absolute Gasteiger partial charge is 0.457 e. The van der Waals surface area contributed by atoms with Gasteiger partial charge in [-0.15, -0.1) is 0 Å². The molecule has 9 nitrogen and oxygen atoms in total. The number of hydrogen-bond donors (Lipinski definition) is 0. The molecule has 1 saturated heterocycles. The zero-order valence-corrected chi connectivity index (χ0v) is 15.7. The number of imide groups is 2. The second-order valence-electron chi connectivity index (χ2n) is 6.48. The van der Waals surface area contributed by atoms with Crippen molar-refractivity contribution >= 4 is 29.6 Å². The average molecular weight is 383 g/mol. The number of nitro groups is 1. The Hall–Kier alpha value is -3.75. The maximum Gasteiger partial charge on any atom is 0.333 e. The standard InChI is InChI=1S/C19H17N3O6/c1-10-7-13(11(2)15(8-10)22(26)27)16-6-5-12(28-16)9-14-17(23)20(3)19(25)21(4)18(14)24/h5-9H,1-4H3. The Morgan fingerprint density at radius 3 is 2.21 bits per heavy atom. The van der Waals surface area contributed by atoms with E-state index in [2.05, 4.69) is 0 Å². The first-order valence-corrected chi connectivity index (χ1v) is 8.29. The summed E-state index contributed by atoms with van der Waals surface area (Å²) in [6, 6.07) is 5.68. The molecule has 0 saturated carbocycles. The van der Waals surface area contributed by atoms with E-state index in [-0.39, 0.29) is 17.0 Å². The van der Waals surface area contributed by atoms with E-state index in [1.807, 2.05) is 0 Å². The topological polar surface area (TPSA) is 114 Å². The van der Waals surface area contributed by atoms with Crippen molar-refractivity contribution in [2.45, 2.75) is 13.8 Å². The van der Waals surface area contributed by atoms with E-state index in [1.54, 1.807) is 32.0 Å². The van der Waals surface area contributed by atoms with E-state index in [0.29, 0.717) is 22.5 Å². The van der Waals surface area contributed by atoms with Crippen LogP contribution >= 0.6 is 0 Å². The fraction of sp³-hybridized carbons (Fsp3) is 0.211. The van der Waals surface area contributed by atoms with Crippen molar-refractivity contribution in [1.82, 2.24) is 9.80 Å². The molecular formula is C19H17N3O6. The minimum absolute atomic E-state index is 0.0225. The molecule has 1 aliphatic heterocycles. The van der Waals surface area contributed by atoms with Crippen LogP contribution in [0.25, 0.3) is 17.4 Å². The number of barbiturate groups is 1. The molecule has 1 aliphatic rings. The summed E-state index contributed by atoms with van der Waals surface area (Å²) in [5.74, 6) is -0.877. The molecule has 0 atom stereocenters. The third-order valence-corrected chi connectivity index (χ3v) is 4.54. The Morgan fingerprint density at radius 1 is 1.04 bits per heavy atom. The van der Waals surface area contributed by atoms with Gasteiger partial charge in [0.25, 0.3) is 17.5 Å². The summed E-state index contributed by atoms with van der Waals surface area (Å²) in [4.78, 5) is 48.8. The van der Waals surface area contributed by atoms with Crippen molar-refractivity contribution in [2.24, 2.45) is 0 Å². The van der Waals surface area contributed by atoms with Gasteiger partial charge in [-0.3, -0.25) is 29.5 Å². The van der Waals surface area contributed by atoms with Gasteiger partial charge >= 0.3 is 6.03 Å². The molecule has 1 fully saturated rings. The Kier molecular flexibility index (Phi) is 4.60. The summed E-state index contributed by atoms with van der Waals surface area (Å²) in [7, 11) is 2.56. The first-order valence-electron chi connectivity index (χ1n) is 8.29. The van der Waals surface area contributed by atoms with E-state index in [0.717, 1.165) is 9.80 Å². The zero-order valence-electron chi connectivity index (χ0n) is 15.7. The van der Waals surface area contributed by atoms with Crippen LogP contribution in [0, 0.1) is 24.0 Å². The summed E-state index contributed by atoms with van der Waals surface area (Å²) in [5.41, 5.74) is 1.45. The van der Waals surface area contributed by atoms with Gasteiger partial charge in [0.1, 0.15) is 17.1 Å². The van der Waals surface area contributed by atoms with Crippen LogP contribution in [0.2, 0.25) is 0 Å². The fourth-order valence-electron chi connectivity index (χ4n) is 2.98. The van der Waals surface area contributed by atoms with Gasteiger partial charge in [0, 0.05) is 31.3 Å². The van der Waals surface area contributed by atoms with E-state index in [1.165, 1.54) is 26.2 Å². The van der Waals surface area contributed by atoms with Crippen molar-refractivity contribution in [3.8, 4) is 11.3 Å². The molecule has 0 radical (unpaired) electrons. The molecule has 9 heteroatoms. The van der Waals surface area contributed by atoms with Crippen LogP contribution in [0.4, 0.5) is 10.5 Å². The number of nitrogens with zero attached hydrogens (tertiary/aromatic N) is 3. The maximum atomic E-state index is 12.3. The van der Waals surface area contributed by atoms with Crippen molar-refractivity contribution in [3.05, 3.63) is 56.8 Å². The van der Waals surface area contributed by atoms with E-state index < -0.39 is 22.8 Å². The third-order valence-electron chi connectivity index (χ3n) is 4.54. The molecule has 28 heavy (non-hydrogen) atoms. The number of carbonyl (C=O) groups is 3. The van der Waals surface area contributed by atoms with E-state index >= 15 is 0 Å². The van der Waals surface area contributed by atoms with Crippen LogP contribution in [-0.2, 0) is 9.59 Å². The molecule has 3 rings (SSSR count). The summed E-state index contributed by atoms with van der Waals surface area (Å²) in [6.07, 6.45) is 1.26. The van der Waals surface area contributed by atoms with Crippen LogP contribution in [0.15, 0.2) is 34.3 Å². The minimum Gasteiger partial charge on any atom is -0.457 e. The lowest BCUT2D eigenvalue weighted by atomic mass is 10.0. The molecule has 0 bridgehead atoms. The van der Waals surface area contributed by atoms with Gasteiger partial charge in [-0.2, -0.15) is 0 Å². The van der Waals surface area contributed by atoms with E-state index in [4.69, 9.17) is 4.42 Å². The molecule has 1 aromatic heterocycles. The van der Waals surface area contributed by atoms with Gasteiger partial charge in [0.2, 0.25) is 0 Å². The summed E-state index contributed by atoms with van der Waals surface area (Å²) >= 11 is 0. The molecule has 4 amide bonds. The van der Waals surface area contributed by atoms with Crippen molar-refractivity contribution in [3.63, 3.8) is 0 Å². The number of carbonyl (C=O) groups excluding carboxylic acids is 3. The van der Waals surface area contributed by atoms with Gasteiger partial charge in [-0.1, -0.05) is 0 Å². The first kappa shape index (κ1) is 19.0. The first-order chi connectivity index (χ1) is 13.1. The van der Waals surface area contributed by atoms with Crippen LogP contribution in [0.1, 0.15) is 16.9 Å². The molecule has 144 valence electrons. The lowest BCUT2D eigenvalue weighted by molar-refractivity contribution is -0.385. The highest BCUT2D eigenvalue weighted by Crippen LogP contribution is 2.33. The highest BCUT2D eigenvalue weighted by atomic mass is 16.6. The second kappa shape index (κ2) is 6.76. The molecule has 0 aliphatic carbocycles. The monoisotopic (exact) mass is 383 g/mol. The SMILES string of the molecule is Cc1cc(-c2ccc(C=C3C(=O)N(C)C(=O)N(C)C3=O)o2)c(C)c([N+](=O)[O-])c1. The molecule has 1 aromatic carbocycles. The van der Waals surface area contributed by atoms with Crippen molar-refractivity contribution in [1.29, 1.82) is 0 Å². The maximum absolute atomic E-state index is 12.3. The number of nitro benzene ring substituents is 1. The molecule has 2 aromatic rings. The van der Waals surface area contributed by atoms with Crippen molar-refractivity contribution < 1.29 is 23.7 Å². The number of likely N-dealkylation sites (N-methyl/N-ethyl adjacent to an activating group) is 2. The highest BCUT2D eigenvalue weighted by molar-refractivity contribution is 6.30. The highest BCUT2D eigenvalue weighted by Gasteiger charge is 2.38. The molecular weight excluding hydrogens is 366 g/mol. The van der Waals surface area contributed by atoms with Gasteiger partial charge in [0.05, 0.1) is 4.92 Å². The number of urea groups is 1. The number of benzene rings is 1. The Morgan fingerprint density at radius 2 is 1.64 bits per heavy atom. The minimum atomic E-state index is -0.728.